The van der Waals surface area contributed by atoms with Gasteiger partial charge in [0, 0.05) is 54.0 Å². The zero-order valence-corrected chi connectivity index (χ0v) is 21.0. The lowest BCUT2D eigenvalue weighted by Crippen LogP contribution is -2.49. The molecule has 2 heterocycles. The number of halogens is 3. The monoisotopic (exact) mass is 516 g/mol. The molecule has 1 N–H and O–H groups in total. The van der Waals surface area contributed by atoms with Crippen LogP contribution in [0.1, 0.15) is 12.0 Å². The van der Waals surface area contributed by atoms with Gasteiger partial charge < -0.3 is 15.0 Å². The molecule has 0 spiro atoms. The summed E-state index contributed by atoms with van der Waals surface area (Å²) in [6, 6.07) is 21.7. The molecule has 0 aromatic heterocycles. The molecule has 1 fully saturated rings. The molecule has 1 saturated heterocycles. The second kappa shape index (κ2) is 11.3. The van der Waals surface area contributed by atoms with Crippen molar-refractivity contribution in [3.05, 3.63) is 82.3 Å². The highest BCUT2D eigenvalue weighted by Gasteiger charge is 2.24. The lowest BCUT2D eigenvalue weighted by Gasteiger charge is -2.36. The standard InChI is InChI=1S/C26H26Cl2N4O.ClH/c27-19-5-3-6-21(17-19)33-16-4-11-31-12-14-32(15-13-31)26-22-7-1-2-8-23(22)29-24-10-9-20(28)18-25(24)30-26;/h1-3,5-10,17-18,29H,4,11-16H2;1H. The minimum atomic E-state index is 0. The van der Waals surface area contributed by atoms with Crippen LogP contribution in [0.15, 0.2) is 71.7 Å². The first-order valence-corrected chi connectivity index (χ1v) is 12.0. The number of hydrogen-bond acceptors (Lipinski definition) is 5. The number of nitrogens with zero attached hydrogens (tertiary/aromatic N) is 3. The van der Waals surface area contributed by atoms with Crippen LogP contribution in [-0.2, 0) is 0 Å². The third kappa shape index (κ3) is 5.78. The number of benzene rings is 3. The highest BCUT2D eigenvalue weighted by molar-refractivity contribution is 6.31. The van der Waals surface area contributed by atoms with Gasteiger partial charge in [-0.1, -0.05) is 41.4 Å². The summed E-state index contributed by atoms with van der Waals surface area (Å²) in [5.74, 6) is 1.83. The number of hydrogen-bond donors (Lipinski definition) is 1. The van der Waals surface area contributed by atoms with Gasteiger partial charge in [-0.05, 0) is 55.0 Å². The van der Waals surface area contributed by atoms with Gasteiger partial charge in [0.25, 0.3) is 0 Å². The van der Waals surface area contributed by atoms with E-state index in [1.54, 1.807) is 0 Å². The molecule has 3 aromatic rings. The van der Waals surface area contributed by atoms with E-state index in [-0.39, 0.29) is 12.4 Å². The maximum absolute atomic E-state index is 6.27. The second-order valence-corrected chi connectivity index (χ2v) is 9.13. The minimum Gasteiger partial charge on any atom is -0.493 e. The molecule has 0 radical (unpaired) electrons. The number of rotatable bonds is 5. The summed E-state index contributed by atoms with van der Waals surface area (Å²) in [7, 11) is 0. The highest BCUT2D eigenvalue weighted by atomic mass is 35.5. The average Bonchev–Trinajstić information content (AvgIpc) is 2.99. The number of para-hydroxylation sites is 1. The van der Waals surface area contributed by atoms with Crippen molar-refractivity contribution in [3.8, 4) is 5.75 Å². The van der Waals surface area contributed by atoms with Crippen LogP contribution in [0.25, 0.3) is 0 Å². The fraction of sp³-hybridized carbons (Fsp3) is 0.269. The molecule has 5 nitrogen and oxygen atoms in total. The summed E-state index contributed by atoms with van der Waals surface area (Å²) in [5, 5.41) is 4.92. The first kappa shape index (κ1) is 24.7. The Labute approximate surface area is 216 Å². The second-order valence-electron chi connectivity index (χ2n) is 8.26. The highest BCUT2D eigenvalue weighted by Crippen LogP contribution is 2.36. The molecule has 0 saturated carbocycles. The maximum atomic E-state index is 6.27. The predicted molar refractivity (Wildman–Crippen MR) is 144 cm³/mol. The molecule has 0 amide bonds. The van der Waals surface area contributed by atoms with E-state index < -0.39 is 0 Å². The van der Waals surface area contributed by atoms with Gasteiger partial charge in [0.2, 0.25) is 0 Å². The Balaban J connectivity index is 0.00000274. The Morgan fingerprint density at radius 2 is 1.65 bits per heavy atom. The fourth-order valence-corrected chi connectivity index (χ4v) is 4.62. The lowest BCUT2D eigenvalue weighted by atomic mass is 10.1. The molecule has 3 aromatic carbocycles. The summed E-state index contributed by atoms with van der Waals surface area (Å²) < 4.78 is 5.83. The van der Waals surface area contributed by atoms with E-state index in [0.29, 0.717) is 16.7 Å². The molecule has 0 aliphatic carbocycles. The molecule has 2 aliphatic heterocycles. The Morgan fingerprint density at radius 1 is 0.853 bits per heavy atom. The van der Waals surface area contributed by atoms with Crippen LogP contribution in [0.2, 0.25) is 10.0 Å². The van der Waals surface area contributed by atoms with Crippen molar-refractivity contribution in [3.63, 3.8) is 0 Å². The molecule has 2 aliphatic rings. The SMILES string of the molecule is Cl.Clc1cccc(OCCCN2CCN(C3=Nc4cc(Cl)ccc4Nc4ccccc43)CC2)c1. The van der Waals surface area contributed by atoms with Crippen molar-refractivity contribution >= 4 is 58.5 Å². The summed E-state index contributed by atoms with van der Waals surface area (Å²) in [4.78, 5) is 9.93. The van der Waals surface area contributed by atoms with Crippen LogP contribution in [0.4, 0.5) is 17.1 Å². The van der Waals surface area contributed by atoms with Gasteiger partial charge in [0.15, 0.2) is 0 Å². The molecule has 0 atom stereocenters. The van der Waals surface area contributed by atoms with Gasteiger partial charge in [0.1, 0.15) is 11.6 Å². The Bertz CT molecular complexity index is 1160. The zero-order valence-electron chi connectivity index (χ0n) is 18.7. The van der Waals surface area contributed by atoms with E-state index in [1.807, 2.05) is 48.5 Å². The van der Waals surface area contributed by atoms with Gasteiger partial charge in [-0.25, -0.2) is 4.99 Å². The number of ether oxygens (including phenoxy) is 1. The predicted octanol–water partition coefficient (Wildman–Crippen LogP) is 6.64. The normalized spacial score (nSPS) is 15.2. The minimum absolute atomic E-state index is 0. The van der Waals surface area contributed by atoms with Gasteiger partial charge in [-0.3, -0.25) is 4.90 Å². The van der Waals surface area contributed by atoms with Crippen molar-refractivity contribution in [2.75, 3.05) is 44.6 Å². The summed E-state index contributed by atoms with van der Waals surface area (Å²) >= 11 is 12.3. The average molecular weight is 518 g/mol. The molecule has 34 heavy (non-hydrogen) atoms. The van der Waals surface area contributed by atoms with E-state index in [2.05, 4.69) is 33.3 Å². The molecular formula is C26H27Cl3N4O. The first-order chi connectivity index (χ1) is 16.2. The van der Waals surface area contributed by atoms with E-state index in [1.165, 1.54) is 0 Å². The third-order valence-electron chi connectivity index (χ3n) is 5.98. The van der Waals surface area contributed by atoms with E-state index in [0.717, 1.165) is 73.4 Å². The van der Waals surface area contributed by atoms with Crippen molar-refractivity contribution in [1.82, 2.24) is 9.80 Å². The molecule has 178 valence electrons. The van der Waals surface area contributed by atoms with Gasteiger partial charge in [-0.2, -0.15) is 0 Å². The van der Waals surface area contributed by atoms with Crippen molar-refractivity contribution in [1.29, 1.82) is 0 Å². The topological polar surface area (TPSA) is 40.1 Å². The number of aliphatic imine (C=N–C) groups is 1. The van der Waals surface area contributed by atoms with Crippen LogP contribution in [0.5, 0.6) is 5.75 Å². The van der Waals surface area contributed by atoms with Gasteiger partial charge >= 0.3 is 0 Å². The van der Waals surface area contributed by atoms with Crippen LogP contribution in [0, 0.1) is 0 Å². The smallest absolute Gasteiger partial charge is 0.138 e. The number of piperazine rings is 1. The van der Waals surface area contributed by atoms with Crippen LogP contribution in [-0.4, -0.2) is 55.0 Å². The summed E-state index contributed by atoms with van der Waals surface area (Å²) in [6.07, 6.45) is 0.978. The van der Waals surface area contributed by atoms with E-state index in [4.69, 9.17) is 32.9 Å². The molecule has 8 heteroatoms. The number of nitrogens with one attached hydrogen (secondary N) is 1. The Hall–Kier alpha value is -2.44. The van der Waals surface area contributed by atoms with Crippen molar-refractivity contribution in [2.24, 2.45) is 4.99 Å². The van der Waals surface area contributed by atoms with Crippen LogP contribution in [0.3, 0.4) is 0 Å². The largest absolute Gasteiger partial charge is 0.493 e. The lowest BCUT2D eigenvalue weighted by molar-refractivity contribution is 0.170. The summed E-state index contributed by atoms with van der Waals surface area (Å²) in [5.41, 5.74) is 4.03. The molecule has 0 unspecified atom stereocenters. The van der Waals surface area contributed by atoms with Crippen molar-refractivity contribution < 1.29 is 4.74 Å². The van der Waals surface area contributed by atoms with E-state index in [9.17, 15) is 0 Å². The molecule has 5 rings (SSSR count). The van der Waals surface area contributed by atoms with E-state index >= 15 is 0 Å². The van der Waals surface area contributed by atoms with Crippen molar-refractivity contribution in [2.45, 2.75) is 6.42 Å². The zero-order chi connectivity index (χ0) is 22.6. The molecule has 0 bridgehead atoms. The first-order valence-electron chi connectivity index (χ1n) is 11.3. The van der Waals surface area contributed by atoms with Gasteiger partial charge in [-0.15, -0.1) is 12.4 Å². The number of anilines is 2. The van der Waals surface area contributed by atoms with Crippen LogP contribution < -0.4 is 10.1 Å². The quantitative estimate of drug-likeness (QED) is 0.385. The summed E-state index contributed by atoms with van der Waals surface area (Å²) in [6.45, 7) is 5.54. The Morgan fingerprint density at radius 3 is 2.47 bits per heavy atom. The maximum Gasteiger partial charge on any atom is 0.138 e. The third-order valence-corrected chi connectivity index (χ3v) is 6.45. The Kier molecular flexibility index (Phi) is 8.22. The molecular weight excluding hydrogens is 491 g/mol. The fourth-order valence-electron chi connectivity index (χ4n) is 4.27. The number of fused-ring (bicyclic) bond motifs is 2. The van der Waals surface area contributed by atoms with Crippen LogP contribution >= 0.6 is 35.6 Å². The number of amidine groups is 1. The van der Waals surface area contributed by atoms with Gasteiger partial charge in [0.05, 0.1) is 18.0 Å².